The molecule has 3 aliphatic rings. The third kappa shape index (κ3) is 3.29. The average molecular weight is 574 g/mol. The largest absolute Gasteiger partial charge is 0.508 e. The van der Waals surface area contributed by atoms with E-state index in [4.69, 9.17) is 14.2 Å². The van der Waals surface area contributed by atoms with Gasteiger partial charge in [0.05, 0.1) is 17.2 Å². The summed E-state index contributed by atoms with van der Waals surface area (Å²) in [6.45, 7) is 0. The van der Waals surface area contributed by atoms with Crippen molar-refractivity contribution in [3.05, 3.63) is 82.4 Å². The second kappa shape index (κ2) is 8.51. The van der Waals surface area contributed by atoms with Crippen molar-refractivity contribution in [3.63, 3.8) is 0 Å². The summed E-state index contributed by atoms with van der Waals surface area (Å²) < 4.78 is 17.8. The summed E-state index contributed by atoms with van der Waals surface area (Å²) in [4.78, 5) is 14.0. The molecule has 0 saturated heterocycles. The van der Waals surface area contributed by atoms with Crippen LogP contribution in [0.25, 0.3) is 0 Å². The number of phenolic OH excluding ortho intramolecular Hbond substituents is 7. The van der Waals surface area contributed by atoms with Gasteiger partial charge < -0.3 is 55.1 Å². The summed E-state index contributed by atoms with van der Waals surface area (Å²) in [5.41, 5.74) is -1.50. The van der Waals surface area contributed by atoms with Crippen molar-refractivity contribution in [2.45, 2.75) is 30.1 Å². The average Bonchev–Trinajstić information content (AvgIpc) is 3.43. The van der Waals surface area contributed by atoms with Crippen LogP contribution in [-0.2, 0) is 16.6 Å². The molecule has 214 valence electrons. The number of hydrogen-bond acceptors (Lipinski definition) is 12. The Labute approximate surface area is 236 Å². The van der Waals surface area contributed by atoms with Crippen LogP contribution in [0.3, 0.4) is 0 Å². The molecule has 3 heterocycles. The van der Waals surface area contributed by atoms with Crippen LogP contribution in [-0.4, -0.2) is 52.9 Å². The predicted molar refractivity (Wildman–Crippen MR) is 140 cm³/mol. The van der Waals surface area contributed by atoms with Crippen molar-refractivity contribution < 1.29 is 59.9 Å². The van der Waals surface area contributed by atoms with E-state index < -0.39 is 58.4 Å². The van der Waals surface area contributed by atoms with Gasteiger partial charge in [0, 0.05) is 30.2 Å². The minimum absolute atomic E-state index is 0.0758. The highest BCUT2D eigenvalue weighted by Gasteiger charge is 2.66. The molecule has 0 fully saturated rings. The maximum atomic E-state index is 14.0. The summed E-state index contributed by atoms with van der Waals surface area (Å²) >= 11 is 0. The van der Waals surface area contributed by atoms with Crippen LogP contribution >= 0.6 is 0 Å². The van der Waals surface area contributed by atoms with Crippen LogP contribution < -0.4 is 14.2 Å². The number of aromatic hydroxyl groups is 7. The number of carbonyl (C=O) groups excluding carboxylic acids is 1. The fourth-order valence-electron chi connectivity index (χ4n) is 6.18. The number of ether oxygens (including phenoxy) is 3. The van der Waals surface area contributed by atoms with E-state index in [-0.39, 0.29) is 57.4 Å². The van der Waals surface area contributed by atoms with Gasteiger partial charge in [-0.05, 0) is 35.4 Å². The quantitative estimate of drug-likeness (QED) is 0.0988. The first-order valence-electron chi connectivity index (χ1n) is 12.7. The van der Waals surface area contributed by atoms with E-state index in [1.54, 1.807) is 0 Å². The molecule has 7 rings (SSSR count). The second-order valence-electron chi connectivity index (χ2n) is 10.4. The van der Waals surface area contributed by atoms with Gasteiger partial charge in [0.1, 0.15) is 46.7 Å². The second-order valence-corrected chi connectivity index (χ2v) is 10.4. The number of phenols is 7. The molecule has 12 heteroatoms. The van der Waals surface area contributed by atoms with E-state index in [0.717, 1.165) is 12.1 Å². The Hall–Kier alpha value is -5.49. The van der Waals surface area contributed by atoms with Gasteiger partial charge in [-0.2, -0.15) is 0 Å². The number of benzene rings is 4. The number of hydrogen-bond donors (Lipinski definition) is 8. The fraction of sp³-hybridized carbons (Fsp3) is 0.167. The number of aliphatic hydroxyl groups is 1. The zero-order valence-corrected chi connectivity index (χ0v) is 21.3. The molecule has 0 amide bonds. The SMILES string of the molecule is O=C1Oc2c3c(cc(O)c2[C@@]12c1c(O)cc(O)cc1O[C@H]2c1ccc(O)c(O)c1)O[C@@H](c1ccc(O)c(O)c1)[C@H](O)C3. The lowest BCUT2D eigenvalue weighted by Crippen LogP contribution is -2.39. The highest BCUT2D eigenvalue weighted by atomic mass is 16.6. The van der Waals surface area contributed by atoms with Gasteiger partial charge in [-0.3, -0.25) is 4.79 Å². The minimum atomic E-state index is -2.05. The molecular weight excluding hydrogens is 552 g/mol. The number of fused-ring (bicyclic) bond motifs is 6. The summed E-state index contributed by atoms with van der Waals surface area (Å²) in [6.07, 6.45) is -3.70. The molecule has 0 bridgehead atoms. The zero-order chi connectivity index (χ0) is 29.7. The Bertz CT molecular complexity index is 1830. The summed E-state index contributed by atoms with van der Waals surface area (Å²) in [7, 11) is 0. The zero-order valence-electron chi connectivity index (χ0n) is 21.3. The van der Waals surface area contributed by atoms with Crippen LogP contribution in [0.5, 0.6) is 57.5 Å². The molecule has 4 atom stereocenters. The first-order chi connectivity index (χ1) is 20.0. The number of rotatable bonds is 2. The van der Waals surface area contributed by atoms with Crippen molar-refractivity contribution in [3.8, 4) is 57.5 Å². The molecule has 1 spiro atoms. The summed E-state index contributed by atoms with van der Waals surface area (Å²) in [5.74, 6) is -4.19. The van der Waals surface area contributed by atoms with Gasteiger partial charge in [0.2, 0.25) is 0 Å². The van der Waals surface area contributed by atoms with Crippen molar-refractivity contribution in [2.24, 2.45) is 0 Å². The molecule has 3 aliphatic heterocycles. The molecule has 0 unspecified atom stereocenters. The number of carbonyl (C=O) groups is 1. The van der Waals surface area contributed by atoms with Gasteiger partial charge in [-0.15, -0.1) is 0 Å². The van der Waals surface area contributed by atoms with E-state index in [2.05, 4.69) is 0 Å². The lowest BCUT2D eigenvalue weighted by molar-refractivity contribution is -0.139. The Morgan fingerprint density at radius 2 is 1.31 bits per heavy atom. The van der Waals surface area contributed by atoms with Crippen LogP contribution in [0, 0.1) is 0 Å². The Morgan fingerprint density at radius 3 is 2.00 bits per heavy atom. The Balaban J connectivity index is 1.43. The van der Waals surface area contributed by atoms with Crippen molar-refractivity contribution in [2.75, 3.05) is 0 Å². The fourth-order valence-corrected chi connectivity index (χ4v) is 6.18. The molecule has 12 nitrogen and oxygen atoms in total. The minimum Gasteiger partial charge on any atom is -0.508 e. The van der Waals surface area contributed by atoms with Gasteiger partial charge >= 0.3 is 5.97 Å². The molecule has 4 aromatic rings. The molecule has 0 aliphatic carbocycles. The molecule has 0 aromatic heterocycles. The molecule has 4 aromatic carbocycles. The van der Waals surface area contributed by atoms with Crippen LogP contribution in [0.15, 0.2) is 54.6 Å². The maximum Gasteiger partial charge on any atom is 0.331 e. The monoisotopic (exact) mass is 574 g/mol. The van der Waals surface area contributed by atoms with Crippen LogP contribution in [0.1, 0.15) is 40.0 Å². The number of aliphatic hydroxyl groups excluding tert-OH is 1. The lowest BCUT2D eigenvalue weighted by Gasteiger charge is -2.32. The normalized spacial score (nSPS) is 23.5. The van der Waals surface area contributed by atoms with Crippen LogP contribution in [0.2, 0.25) is 0 Å². The first kappa shape index (κ1) is 25.5. The van der Waals surface area contributed by atoms with Crippen LogP contribution in [0.4, 0.5) is 0 Å². The third-order valence-corrected chi connectivity index (χ3v) is 7.98. The molecule has 0 radical (unpaired) electrons. The number of esters is 1. The lowest BCUT2D eigenvalue weighted by atomic mass is 9.69. The van der Waals surface area contributed by atoms with Gasteiger partial charge in [-0.25, -0.2) is 0 Å². The third-order valence-electron chi connectivity index (χ3n) is 7.98. The van der Waals surface area contributed by atoms with Gasteiger partial charge in [0.25, 0.3) is 0 Å². The van der Waals surface area contributed by atoms with E-state index in [0.29, 0.717) is 5.56 Å². The molecule has 42 heavy (non-hydrogen) atoms. The molecule has 8 N–H and O–H groups in total. The predicted octanol–water partition coefficient (Wildman–Crippen LogP) is 3.00. The van der Waals surface area contributed by atoms with Crippen molar-refractivity contribution in [1.82, 2.24) is 0 Å². The van der Waals surface area contributed by atoms with Crippen molar-refractivity contribution >= 4 is 5.97 Å². The van der Waals surface area contributed by atoms with Crippen molar-refractivity contribution in [1.29, 1.82) is 0 Å². The Kier molecular flexibility index (Phi) is 5.16. The topological polar surface area (TPSA) is 207 Å². The molecule has 0 saturated carbocycles. The standard InChI is InChI=1S/C30H22O12/c31-13-7-19(36)24-23(8-13)41-28(12-2-4-16(33)18(35)6-12)30(24)25-20(37)10-22-14(27(25)42-29(30)39)9-21(38)26(40-22)11-1-3-15(32)17(34)5-11/h1-8,10,21,26,28,31-38H,9H2/t21-,26+,28+,30-/m1/s1. The highest BCUT2D eigenvalue weighted by molar-refractivity contribution is 6.00. The summed E-state index contributed by atoms with van der Waals surface area (Å²) in [5, 5.41) is 83.4. The van der Waals surface area contributed by atoms with E-state index >= 15 is 0 Å². The van der Waals surface area contributed by atoms with E-state index in [1.165, 1.54) is 42.5 Å². The first-order valence-corrected chi connectivity index (χ1v) is 12.7. The summed E-state index contributed by atoms with van der Waals surface area (Å²) in [6, 6.07) is 11.1. The molecular formula is C30H22O12. The van der Waals surface area contributed by atoms with Gasteiger partial charge in [0.15, 0.2) is 28.4 Å². The Morgan fingerprint density at radius 1 is 0.667 bits per heavy atom. The maximum absolute atomic E-state index is 14.0. The van der Waals surface area contributed by atoms with E-state index in [9.17, 15) is 45.6 Å². The van der Waals surface area contributed by atoms with Gasteiger partial charge in [-0.1, -0.05) is 12.1 Å². The van der Waals surface area contributed by atoms with E-state index in [1.807, 2.05) is 0 Å². The highest BCUT2D eigenvalue weighted by Crippen LogP contribution is 2.66. The smallest absolute Gasteiger partial charge is 0.331 e.